The van der Waals surface area contributed by atoms with Crippen molar-refractivity contribution in [3.8, 4) is 0 Å². The monoisotopic (exact) mass is 478 g/mol. The minimum absolute atomic E-state index is 0.0463. The standard InChI is InChI=1S/C25H26N4O4S/c1-15-5-7-17(8-6-15)34(31,32)29-10-9-18-20-19(13-26-22(18)29)27-14-28(20)21-16-11-25(21,12-16)23(30)33-24(2,3)4/h5-10,13-14,16,21H,11-12H2,1-4H3. The third-order valence-corrected chi connectivity index (χ3v) is 8.84. The fraction of sp³-hybridized carbons (Fsp3) is 0.400. The number of nitrogens with zero attached hydrogens (tertiary/aromatic N) is 4. The van der Waals surface area contributed by atoms with Gasteiger partial charge in [0.15, 0.2) is 5.65 Å². The number of pyridine rings is 1. The fourth-order valence-corrected chi connectivity index (χ4v) is 6.75. The van der Waals surface area contributed by atoms with Gasteiger partial charge in [-0.15, -0.1) is 0 Å². The van der Waals surface area contributed by atoms with Gasteiger partial charge >= 0.3 is 5.97 Å². The average Bonchev–Trinajstić information content (AvgIpc) is 3.29. The van der Waals surface area contributed by atoms with Crippen molar-refractivity contribution in [3.63, 3.8) is 0 Å². The predicted octanol–water partition coefficient (Wildman–Crippen LogP) is 4.22. The molecule has 3 heterocycles. The highest BCUT2D eigenvalue weighted by Gasteiger charge is 2.72. The van der Waals surface area contributed by atoms with Crippen molar-refractivity contribution in [2.45, 2.75) is 57.1 Å². The molecule has 0 saturated heterocycles. The van der Waals surface area contributed by atoms with Gasteiger partial charge < -0.3 is 9.30 Å². The molecule has 4 aromatic rings. The minimum atomic E-state index is -3.81. The molecule has 1 atom stereocenters. The van der Waals surface area contributed by atoms with Crippen LogP contribution in [0.4, 0.5) is 0 Å². The second-order valence-electron chi connectivity index (χ2n) is 10.6. The Balaban J connectivity index is 1.45. The van der Waals surface area contributed by atoms with Gasteiger partial charge in [0, 0.05) is 11.6 Å². The summed E-state index contributed by atoms with van der Waals surface area (Å²) in [5.41, 5.74) is 1.70. The SMILES string of the molecule is Cc1ccc(S(=O)(=O)n2ccc3c4c(cnc32)ncn4C2C3CC2(C(=O)OC(C)(C)C)C3)cc1. The summed E-state index contributed by atoms with van der Waals surface area (Å²) in [5, 5.41) is 0.691. The van der Waals surface area contributed by atoms with Crippen molar-refractivity contribution in [1.82, 2.24) is 18.5 Å². The van der Waals surface area contributed by atoms with E-state index >= 15 is 0 Å². The zero-order valence-corrected chi connectivity index (χ0v) is 20.3. The summed E-state index contributed by atoms with van der Waals surface area (Å²) < 4.78 is 35.7. The Hall–Kier alpha value is -3.20. The predicted molar refractivity (Wildman–Crippen MR) is 127 cm³/mol. The third kappa shape index (κ3) is 2.82. The molecule has 2 bridgehead atoms. The number of rotatable bonds is 4. The first-order valence-electron chi connectivity index (χ1n) is 11.4. The largest absolute Gasteiger partial charge is 0.459 e. The molecule has 3 aromatic heterocycles. The van der Waals surface area contributed by atoms with Crippen LogP contribution in [0.3, 0.4) is 0 Å². The van der Waals surface area contributed by atoms with Crippen molar-refractivity contribution >= 4 is 38.1 Å². The van der Waals surface area contributed by atoms with Gasteiger partial charge in [0.05, 0.1) is 34.4 Å². The first-order valence-corrected chi connectivity index (χ1v) is 12.8. The van der Waals surface area contributed by atoms with E-state index in [1.165, 1.54) is 10.2 Å². The Morgan fingerprint density at radius 3 is 2.44 bits per heavy atom. The molecule has 0 amide bonds. The van der Waals surface area contributed by atoms with E-state index < -0.39 is 21.0 Å². The Morgan fingerprint density at radius 1 is 1.12 bits per heavy atom. The summed E-state index contributed by atoms with van der Waals surface area (Å²) >= 11 is 0. The van der Waals surface area contributed by atoms with E-state index in [2.05, 4.69) is 9.97 Å². The molecular weight excluding hydrogens is 452 g/mol. The smallest absolute Gasteiger partial charge is 0.314 e. The molecule has 9 heteroatoms. The van der Waals surface area contributed by atoms with Crippen LogP contribution in [0.25, 0.3) is 22.1 Å². The van der Waals surface area contributed by atoms with E-state index in [9.17, 15) is 13.2 Å². The quantitative estimate of drug-likeness (QED) is 0.408. The van der Waals surface area contributed by atoms with Crippen molar-refractivity contribution in [3.05, 3.63) is 54.6 Å². The van der Waals surface area contributed by atoms with Gasteiger partial charge in [0.25, 0.3) is 10.0 Å². The van der Waals surface area contributed by atoms with Crippen LogP contribution >= 0.6 is 0 Å². The molecule has 1 aromatic carbocycles. The van der Waals surface area contributed by atoms with Crippen molar-refractivity contribution in [2.24, 2.45) is 11.3 Å². The van der Waals surface area contributed by atoms with Gasteiger partial charge in [-0.25, -0.2) is 22.4 Å². The summed E-state index contributed by atoms with van der Waals surface area (Å²) in [6.07, 6.45) is 6.49. The zero-order valence-electron chi connectivity index (χ0n) is 19.5. The van der Waals surface area contributed by atoms with Crippen LogP contribution in [0.15, 0.2) is 53.9 Å². The Kier molecular flexibility index (Phi) is 4.20. The van der Waals surface area contributed by atoms with E-state index in [4.69, 9.17) is 4.74 Å². The lowest BCUT2D eigenvalue weighted by Gasteiger charge is -2.66. The van der Waals surface area contributed by atoms with Crippen LogP contribution in [0.1, 0.15) is 45.2 Å². The Bertz CT molecular complexity index is 1570. The molecule has 3 fully saturated rings. The number of benzene rings is 1. The zero-order chi connectivity index (χ0) is 24.0. The number of carbonyl (C=O) groups excluding carboxylic acids is 1. The van der Waals surface area contributed by atoms with Gasteiger partial charge in [-0.05, 0) is 64.7 Å². The molecule has 3 aliphatic carbocycles. The summed E-state index contributed by atoms with van der Waals surface area (Å²) in [5.74, 6) is 0.214. The van der Waals surface area contributed by atoms with Crippen LogP contribution in [0.2, 0.25) is 0 Å². The van der Waals surface area contributed by atoms with E-state index in [-0.39, 0.29) is 16.9 Å². The van der Waals surface area contributed by atoms with Crippen LogP contribution in [-0.4, -0.2) is 38.5 Å². The molecule has 3 aliphatic rings. The summed E-state index contributed by atoms with van der Waals surface area (Å²) in [4.78, 5) is 22.2. The molecule has 34 heavy (non-hydrogen) atoms. The normalized spacial score (nSPS) is 24.1. The molecule has 176 valence electrons. The maximum absolute atomic E-state index is 13.4. The van der Waals surface area contributed by atoms with Gasteiger partial charge in [-0.2, -0.15) is 0 Å². The molecular formula is C25H26N4O4S. The number of hydrogen-bond acceptors (Lipinski definition) is 6. The van der Waals surface area contributed by atoms with Gasteiger partial charge in [-0.3, -0.25) is 4.79 Å². The van der Waals surface area contributed by atoms with E-state index in [0.717, 1.165) is 23.9 Å². The van der Waals surface area contributed by atoms with Crippen molar-refractivity contribution in [1.29, 1.82) is 0 Å². The first kappa shape index (κ1) is 21.3. The Labute approximate surface area is 197 Å². The van der Waals surface area contributed by atoms with Crippen LogP contribution in [0.5, 0.6) is 0 Å². The number of esters is 1. The second-order valence-corrected chi connectivity index (χ2v) is 12.4. The molecule has 7 rings (SSSR count). The lowest BCUT2D eigenvalue weighted by atomic mass is 9.40. The van der Waals surface area contributed by atoms with Crippen LogP contribution < -0.4 is 0 Å². The van der Waals surface area contributed by atoms with Gasteiger partial charge in [-0.1, -0.05) is 17.7 Å². The second kappa shape index (κ2) is 6.69. The van der Waals surface area contributed by atoms with Crippen LogP contribution in [-0.2, 0) is 19.6 Å². The van der Waals surface area contributed by atoms with Crippen LogP contribution in [0, 0.1) is 18.3 Å². The summed E-state index contributed by atoms with van der Waals surface area (Å²) in [7, 11) is -3.81. The van der Waals surface area contributed by atoms with Gasteiger partial charge in [0.1, 0.15) is 11.1 Å². The topological polar surface area (TPSA) is 96.1 Å². The number of hydrogen-bond donors (Lipinski definition) is 0. The van der Waals surface area contributed by atoms with Crippen molar-refractivity contribution in [2.75, 3.05) is 0 Å². The molecule has 0 aliphatic heterocycles. The van der Waals surface area contributed by atoms with E-state index in [1.807, 2.05) is 32.3 Å². The highest BCUT2D eigenvalue weighted by atomic mass is 32.2. The maximum atomic E-state index is 13.4. The average molecular weight is 479 g/mol. The number of carbonyl (C=O) groups is 1. The fourth-order valence-electron chi connectivity index (χ4n) is 5.45. The summed E-state index contributed by atoms with van der Waals surface area (Å²) in [6, 6.07) is 8.47. The minimum Gasteiger partial charge on any atom is -0.459 e. The highest BCUT2D eigenvalue weighted by molar-refractivity contribution is 7.90. The van der Waals surface area contributed by atoms with E-state index in [0.29, 0.717) is 22.5 Å². The van der Waals surface area contributed by atoms with Crippen molar-refractivity contribution < 1.29 is 17.9 Å². The number of fused-ring (bicyclic) bond motifs is 3. The lowest BCUT2D eigenvalue weighted by Crippen LogP contribution is -2.66. The third-order valence-electron chi connectivity index (χ3n) is 7.16. The highest BCUT2D eigenvalue weighted by Crippen LogP contribution is 2.72. The lowest BCUT2D eigenvalue weighted by molar-refractivity contribution is -0.223. The maximum Gasteiger partial charge on any atom is 0.314 e. The molecule has 0 radical (unpaired) electrons. The Morgan fingerprint density at radius 2 is 1.82 bits per heavy atom. The number of imidazole rings is 1. The summed E-state index contributed by atoms with van der Waals surface area (Å²) in [6.45, 7) is 7.55. The molecule has 3 saturated carbocycles. The molecule has 1 unspecified atom stereocenters. The van der Waals surface area contributed by atoms with Gasteiger partial charge in [0.2, 0.25) is 0 Å². The number of aryl methyl sites for hydroxylation is 1. The molecule has 0 spiro atoms. The molecule has 8 nitrogen and oxygen atoms in total. The first-order chi connectivity index (χ1) is 16.0. The number of ether oxygens (including phenoxy) is 1. The van der Waals surface area contributed by atoms with E-state index in [1.54, 1.807) is 42.9 Å². The number of aromatic nitrogens is 4. The molecule has 0 N–H and O–H groups in total.